The van der Waals surface area contributed by atoms with Crippen LogP contribution in [-0.4, -0.2) is 11.9 Å². The van der Waals surface area contributed by atoms with E-state index in [0.29, 0.717) is 12.8 Å². The van der Waals surface area contributed by atoms with Crippen LogP contribution in [0.2, 0.25) is 0 Å². The molecule has 0 N–H and O–H groups in total. The van der Waals surface area contributed by atoms with E-state index in [-0.39, 0.29) is 86.9 Å². The zero-order valence-electron chi connectivity index (χ0n) is 12.7. The van der Waals surface area contributed by atoms with Gasteiger partial charge in [-0.15, -0.1) is 0 Å². The van der Waals surface area contributed by atoms with E-state index in [2.05, 4.69) is 0 Å². The first-order chi connectivity index (χ1) is 7.74. The van der Waals surface area contributed by atoms with Crippen molar-refractivity contribution in [1.29, 1.82) is 0 Å². The van der Waals surface area contributed by atoms with E-state index in [1.807, 2.05) is 0 Å². The molecule has 0 heterocycles. The van der Waals surface area contributed by atoms with Gasteiger partial charge in [0, 0.05) is 0 Å². The van der Waals surface area contributed by atoms with Crippen molar-refractivity contribution < 1.29 is 101 Å². The van der Waals surface area contributed by atoms with Gasteiger partial charge in [-0.3, -0.25) is 0 Å². The number of hydrogen-bond donors (Lipinski definition) is 0. The predicted molar refractivity (Wildman–Crippen MR) is 58.5 cm³/mol. The Kier molecular flexibility index (Phi) is 10.7. The number of carbonyl (C=O) groups excluding carboxylic acids is 2. The van der Waals surface area contributed by atoms with Crippen molar-refractivity contribution >= 4 is 11.9 Å². The van der Waals surface area contributed by atoms with E-state index in [1.54, 1.807) is 20.8 Å². The molecule has 0 bridgehead atoms. The Morgan fingerprint density at radius 3 is 1.58 bits per heavy atom. The molecule has 98 valence electrons. The first-order valence-corrected chi connectivity index (χ1v) is 6.17. The molecule has 0 radical (unpaired) electrons. The molecule has 0 unspecified atom stereocenters. The summed E-state index contributed by atoms with van der Waals surface area (Å²) < 4.78 is 0. The molecule has 6 heteroatoms. The number of hydrogen-bond acceptors (Lipinski definition) is 4. The summed E-state index contributed by atoms with van der Waals surface area (Å²) in [6.45, 7) is 4.90. The monoisotopic (exact) mass is 302 g/mol. The smallest absolute Gasteiger partial charge is 0.549 e. The summed E-state index contributed by atoms with van der Waals surface area (Å²) in [5, 5.41) is 23.0. The van der Waals surface area contributed by atoms with Gasteiger partial charge in [0.05, 0.1) is 17.4 Å². The number of carboxylic acids is 2. The second-order valence-corrected chi connectivity index (χ2v) is 5.97. The molecule has 1 saturated carbocycles. The molecule has 4 nitrogen and oxygen atoms in total. The van der Waals surface area contributed by atoms with Crippen molar-refractivity contribution in [2.24, 2.45) is 16.7 Å². The number of rotatable bonds is 3. The van der Waals surface area contributed by atoms with Crippen LogP contribution in [0.25, 0.3) is 0 Å². The molecule has 0 saturated heterocycles. The summed E-state index contributed by atoms with van der Waals surface area (Å²) in [4.78, 5) is 23.0. The molecule has 0 aromatic rings. The first kappa shape index (κ1) is 22.9. The van der Waals surface area contributed by atoms with Crippen molar-refractivity contribution in [3.05, 3.63) is 0 Å². The van der Waals surface area contributed by atoms with Gasteiger partial charge >= 0.3 is 80.9 Å². The van der Waals surface area contributed by atoms with Crippen molar-refractivity contribution in [3.8, 4) is 0 Å². The summed E-state index contributed by atoms with van der Waals surface area (Å²) in [6, 6.07) is 0. The summed E-state index contributed by atoms with van der Waals surface area (Å²) in [5.74, 6) is -3.39. The minimum absolute atomic E-state index is 0. The Morgan fingerprint density at radius 1 is 0.947 bits per heavy atom. The maximum Gasteiger partial charge on any atom is 1.00 e. The van der Waals surface area contributed by atoms with E-state index in [0.717, 1.165) is 19.3 Å². The normalized spacial score (nSPS) is 17.0. The van der Waals surface area contributed by atoms with Crippen LogP contribution in [0.15, 0.2) is 0 Å². The molecule has 19 heavy (non-hydrogen) atoms. The van der Waals surface area contributed by atoms with Crippen LogP contribution in [0.1, 0.15) is 52.9 Å². The first-order valence-electron chi connectivity index (χ1n) is 6.17. The quantitative estimate of drug-likeness (QED) is 0.384. The summed E-state index contributed by atoms with van der Waals surface area (Å²) in [6.07, 6.45) is 4.04. The molecule has 1 aliphatic rings. The van der Waals surface area contributed by atoms with E-state index in [4.69, 9.17) is 0 Å². The molecule has 0 amide bonds. The van der Waals surface area contributed by atoms with Crippen LogP contribution < -0.4 is 91.2 Å². The zero-order valence-corrected chi connectivity index (χ0v) is 17.9. The molecule has 0 spiro atoms. The van der Waals surface area contributed by atoms with Crippen LogP contribution >= 0.6 is 0 Å². The van der Waals surface area contributed by atoms with Crippen molar-refractivity contribution in [3.63, 3.8) is 0 Å². The van der Waals surface area contributed by atoms with Gasteiger partial charge in [0.2, 0.25) is 0 Å². The third kappa shape index (κ3) is 4.52. The summed E-state index contributed by atoms with van der Waals surface area (Å²) in [5.41, 5.74) is -2.79. The van der Waals surface area contributed by atoms with Gasteiger partial charge < -0.3 is 19.8 Å². The number of carbonyl (C=O) groups is 2. The molecule has 0 aromatic heterocycles. The zero-order chi connectivity index (χ0) is 13.3. The Hall–Kier alpha value is 1.58. The minimum atomic E-state index is -1.88. The molecular formula is C13H20KNaO4. The molecule has 1 rings (SSSR count). The van der Waals surface area contributed by atoms with Crippen molar-refractivity contribution in [1.82, 2.24) is 0 Å². The third-order valence-electron chi connectivity index (χ3n) is 4.04. The predicted octanol–water partition coefficient (Wildman–Crippen LogP) is -5.89. The molecule has 0 aromatic carbocycles. The summed E-state index contributed by atoms with van der Waals surface area (Å²) in [7, 11) is 0. The van der Waals surface area contributed by atoms with Gasteiger partial charge in [-0.05, 0) is 24.2 Å². The largest absolute Gasteiger partial charge is 1.00 e. The van der Waals surface area contributed by atoms with Crippen molar-refractivity contribution in [2.75, 3.05) is 0 Å². The number of carboxylic acid groups (broad SMARTS) is 2. The standard InChI is InChI=1S/C13H22O4.K.Na/c1-12(2,3)13(10(14)15,11(16)17)9-7-5-4-6-8-9;;/h9H,4-8H2,1-3H3,(H,14,15)(H,16,17);;/q;2*+1/p-2. The molecular weight excluding hydrogens is 282 g/mol. The Bertz CT molecular complexity index is 305. The molecule has 1 aliphatic carbocycles. The van der Waals surface area contributed by atoms with Crippen LogP contribution in [0, 0.1) is 16.7 Å². The van der Waals surface area contributed by atoms with Crippen LogP contribution in [0.4, 0.5) is 0 Å². The van der Waals surface area contributed by atoms with Gasteiger partial charge in [0.1, 0.15) is 0 Å². The average Bonchev–Trinajstić information content (AvgIpc) is 2.16. The van der Waals surface area contributed by atoms with Crippen LogP contribution in [0.5, 0.6) is 0 Å². The van der Waals surface area contributed by atoms with E-state index >= 15 is 0 Å². The minimum Gasteiger partial charge on any atom is -0.549 e. The third-order valence-corrected chi connectivity index (χ3v) is 4.04. The fraction of sp³-hybridized carbons (Fsp3) is 0.846. The average molecular weight is 302 g/mol. The van der Waals surface area contributed by atoms with Crippen LogP contribution in [-0.2, 0) is 9.59 Å². The maximum absolute atomic E-state index is 11.5. The topological polar surface area (TPSA) is 80.3 Å². The SMILES string of the molecule is CC(C)(C)C(C(=O)[O-])(C(=O)[O-])C1CCCCC1.[K+].[Na+]. The molecule has 0 aliphatic heterocycles. The van der Waals surface area contributed by atoms with Gasteiger partial charge in [0.15, 0.2) is 0 Å². The Labute approximate surface area is 179 Å². The second-order valence-electron chi connectivity index (χ2n) is 5.97. The fourth-order valence-corrected chi connectivity index (χ4v) is 3.18. The Morgan fingerprint density at radius 2 is 1.32 bits per heavy atom. The second kappa shape index (κ2) is 8.88. The van der Waals surface area contributed by atoms with Gasteiger partial charge in [0.25, 0.3) is 0 Å². The molecule has 1 fully saturated rings. The Balaban J connectivity index is 0. The van der Waals surface area contributed by atoms with Crippen LogP contribution in [0.3, 0.4) is 0 Å². The maximum atomic E-state index is 11.5. The fourth-order valence-electron chi connectivity index (χ4n) is 3.18. The number of aliphatic carboxylic acids is 2. The molecule has 0 atom stereocenters. The van der Waals surface area contributed by atoms with Gasteiger partial charge in [-0.25, -0.2) is 0 Å². The van der Waals surface area contributed by atoms with E-state index in [9.17, 15) is 19.8 Å². The van der Waals surface area contributed by atoms with Gasteiger partial charge in [-0.2, -0.15) is 0 Å². The van der Waals surface area contributed by atoms with Crippen molar-refractivity contribution in [2.45, 2.75) is 52.9 Å². The van der Waals surface area contributed by atoms with E-state index in [1.165, 1.54) is 0 Å². The van der Waals surface area contributed by atoms with Gasteiger partial charge in [-0.1, -0.05) is 40.0 Å². The van der Waals surface area contributed by atoms with E-state index < -0.39 is 22.8 Å². The summed E-state index contributed by atoms with van der Waals surface area (Å²) >= 11 is 0.